The molecule has 0 spiro atoms. The summed E-state index contributed by atoms with van der Waals surface area (Å²) >= 11 is 0. The van der Waals surface area contributed by atoms with Crippen LogP contribution < -0.4 is 0 Å². The van der Waals surface area contributed by atoms with Gasteiger partial charge in [-0.3, -0.25) is 0 Å². The number of pyridine rings is 1. The summed E-state index contributed by atoms with van der Waals surface area (Å²) < 4.78 is 45.7. The molecule has 6 heteroatoms. The molecule has 1 heterocycles. The number of hydrogen-bond donors (Lipinski definition) is 0. The van der Waals surface area contributed by atoms with Crippen molar-refractivity contribution in [3.8, 4) is 11.1 Å². The normalized spacial score (nSPS) is 11.5. The summed E-state index contributed by atoms with van der Waals surface area (Å²) in [5.41, 5.74) is -0.948. The lowest BCUT2D eigenvalue weighted by Gasteiger charge is -2.18. The molecule has 0 aliphatic heterocycles. The van der Waals surface area contributed by atoms with E-state index in [1.807, 2.05) is 0 Å². The summed E-state index contributed by atoms with van der Waals surface area (Å²) in [6, 6.07) is 14.9. The summed E-state index contributed by atoms with van der Waals surface area (Å²) in [5.74, 6) is -1.04. The number of para-hydroxylation sites is 1. The molecular weight excluding hydrogens is 331 g/mol. The monoisotopic (exact) mass is 345 g/mol. The average Bonchev–Trinajstić information content (AvgIpc) is 2.60. The van der Waals surface area contributed by atoms with Crippen molar-refractivity contribution < 1.29 is 22.7 Å². The van der Waals surface area contributed by atoms with Gasteiger partial charge in [-0.25, -0.2) is 9.78 Å². The van der Waals surface area contributed by atoms with Crippen LogP contribution in [0.3, 0.4) is 0 Å². The standard InChI is InChI=1S/C19H14F3NO2/c1-2-25-18(24)16-15(12-8-4-3-5-9-12)13-10-6-7-11-14(13)23-17(16)19(20,21)22/h3-11H,2H2,1H3. The number of alkyl halides is 3. The lowest BCUT2D eigenvalue weighted by Crippen LogP contribution is -2.19. The Balaban J connectivity index is 2.47. The van der Waals surface area contributed by atoms with Gasteiger partial charge in [0, 0.05) is 10.9 Å². The Morgan fingerprint density at radius 1 is 1.04 bits per heavy atom. The van der Waals surface area contributed by atoms with Gasteiger partial charge in [0.2, 0.25) is 0 Å². The SMILES string of the molecule is CCOC(=O)c1c(C(F)(F)F)nc2ccccc2c1-c1ccccc1. The van der Waals surface area contributed by atoms with Crippen LogP contribution in [0.15, 0.2) is 54.6 Å². The minimum atomic E-state index is -4.78. The van der Waals surface area contributed by atoms with Crippen molar-refractivity contribution in [2.45, 2.75) is 13.1 Å². The average molecular weight is 345 g/mol. The Bertz CT molecular complexity index is 921. The van der Waals surface area contributed by atoms with E-state index in [1.165, 1.54) is 6.07 Å². The summed E-state index contributed by atoms with van der Waals surface area (Å²) in [6.07, 6.45) is -4.78. The number of rotatable bonds is 3. The summed E-state index contributed by atoms with van der Waals surface area (Å²) in [5, 5.41) is 0.463. The van der Waals surface area contributed by atoms with Crippen LogP contribution in [0.25, 0.3) is 22.0 Å². The molecule has 0 aliphatic rings. The predicted molar refractivity (Wildman–Crippen MR) is 88.1 cm³/mol. The molecule has 0 saturated heterocycles. The highest BCUT2D eigenvalue weighted by Gasteiger charge is 2.40. The molecule has 0 amide bonds. The number of carbonyl (C=O) groups is 1. The van der Waals surface area contributed by atoms with E-state index in [-0.39, 0.29) is 17.7 Å². The molecule has 0 N–H and O–H groups in total. The fraction of sp³-hybridized carbons (Fsp3) is 0.158. The van der Waals surface area contributed by atoms with E-state index < -0.39 is 23.4 Å². The summed E-state index contributed by atoms with van der Waals surface area (Å²) in [7, 11) is 0. The Labute approximate surface area is 142 Å². The second-order valence-electron chi connectivity index (χ2n) is 5.31. The van der Waals surface area contributed by atoms with Gasteiger partial charge >= 0.3 is 12.1 Å². The van der Waals surface area contributed by atoms with Crippen molar-refractivity contribution >= 4 is 16.9 Å². The van der Waals surface area contributed by atoms with E-state index in [0.717, 1.165) is 0 Å². The third kappa shape index (κ3) is 3.20. The first-order valence-electron chi connectivity index (χ1n) is 7.66. The van der Waals surface area contributed by atoms with Gasteiger partial charge < -0.3 is 4.74 Å². The van der Waals surface area contributed by atoms with Crippen LogP contribution in [0.5, 0.6) is 0 Å². The van der Waals surface area contributed by atoms with Gasteiger partial charge in [0.1, 0.15) is 0 Å². The van der Waals surface area contributed by atoms with Crippen molar-refractivity contribution in [3.05, 3.63) is 65.9 Å². The van der Waals surface area contributed by atoms with Gasteiger partial charge in [0.25, 0.3) is 0 Å². The van der Waals surface area contributed by atoms with E-state index in [0.29, 0.717) is 10.9 Å². The number of benzene rings is 2. The fourth-order valence-electron chi connectivity index (χ4n) is 2.72. The molecule has 0 saturated carbocycles. The minimum absolute atomic E-state index is 0.0306. The van der Waals surface area contributed by atoms with Crippen LogP contribution in [0.2, 0.25) is 0 Å². The quantitative estimate of drug-likeness (QED) is 0.620. The van der Waals surface area contributed by atoms with Gasteiger partial charge in [-0.15, -0.1) is 0 Å². The number of aromatic nitrogens is 1. The molecule has 1 aromatic heterocycles. The highest BCUT2D eigenvalue weighted by Crippen LogP contribution is 2.39. The molecule has 0 atom stereocenters. The largest absolute Gasteiger partial charge is 0.462 e. The maximum absolute atomic E-state index is 13.6. The second-order valence-corrected chi connectivity index (χ2v) is 5.31. The fourth-order valence-corrected chi connectivity index (χ4v) is 2.72. The number of nitrogens with zero attached hydrogens (tertiary/aromatic N) is 1. The molecule has 0 aliphatic carbocycles. The first-order chi connectivity index (χ1) is 11.9. The van der Waals surface area contributed by atoms with Crippen LogP contribution in [-0.4, -0.2) is 17.6 Å². The summed E-state index contributed by atoms with van der Waals surface area (Å²) in [4.78, 5) is 16.1. The van der Waals surface area contributed by atoms with Crippen LogP contribution in [0.1, 0.15) is 23.0 Å². The second kappa shape index (κ2) is 6.55. The predicted octanol–water partition coefficient (Wildman–Crippen LogP) is 5.10. The van der Waals surface area contributed by atoms with Crippen LogP contribution in [-0.2, 0) is 10.9 Å². The van der Waals surface area contributed by atoms with Gasteiger partial charge in [-0.2, -0.15) is 13.2 Å². The topological polar surface area (TPSA) is 39.2 Å². The van der Waals surface area contributed by atoms with E-state index >= 15 is 0 Å². The molecule has 2 aromatic carbocycles. The number of hydrogen-bond acceptors (Lipinski definition) is 3. The van der Waals surface area contributed by atoms with Crippen LogP contribution in [0.4, 0.5) is 13.2 Å². The van der Waals surface area contributed by atoms with E-state index in [1.54, 1.807) is 55.5 Å². The van der Waals surface area contributed by atoms with Crippen molar-refractivity contribution in [2.75, 3.05) is 6.61 Å². The minimum Gasteiger partial charge on any atom is -0.462 e. The smallest absolute Gasteiger partial charge is 0.434 e. The molecule has 3 nitrogen and oxygen atoms in total. The van der Waals surface area contributed by atoms with E-state index in [9.17, 15) is 18.0 Å². The maximum atomic E-state index is 13.6. The van der Waals surface area contributed by atoms with E-state index in [2.05, 4.69) is 4.98 Å². The Kier molecular flexibility index (Phi) is 4.44. The molecule has 25 heavy (non-hydrogen) atoms. The lowest BCUT2D eigenvalue weighted by molar-refractivity contribution is -0.141. The maximum Gasteiger partial charge on any atom is 0.434 e. The van der Waals surface area contributed by atoms with Gasteiger partial charge in [-0.1, -0.05) is 48.5 Å². The van der Waals surface area contributed by atoms with Gasteiger partial charge in [-0.05, 0) is 18.6 Å². The molecule has 0 fully saturated rings. The number of carbonyl (C=O) groups excluding carboxylic acids is 1. The molecular formula is C19H14F3NO2. The number of fused-ring (bicyclic) bond motifs is 1. The molecule has 128 valence electrons. The molecule has 0 bridgehead atoms. The highest BCUT2D eigenvalue weighted by molar-refractivity contribution is 6.08. The first-order valence-corrected chi connectivity index (χ1v) is 7.66. The zero-order valence-corrected chi connectivity index (χ0v) is 13.3. The Morgan fingerprint density at radius 2 is 1.68 bits per heavy atom. The summed E-state index contributed by atoms with van der Waals surface area (Å²) in [6.45, 7) is 1.51. The van der Waals surface area contributed by atoms with Crippen molar-refractivity contribution in [1.82, 2.24) is 4.98 Å². The van der Waals surface area contributed by atoms with Crippen molar-refractivity contribution in [3.63, 3.8) is 0 Å². The highest BCUT2D eigenvalue weighted by atomic mass is 19.4. The van der Waals surface area contributed by atoms with Gasteiger partial charge in [0.05, 0.1) is 17.7 Å². The van der Waals surface area contributed by atoms with Crippen molar-refractivity contribution in [2.24, 2.45) is 0 Å². The van der Waals surface area contributed by atoms with Crippen molar-refractivity contribution in [1.29, 1.82) is 0 Å². The molecule has 0 unspecified atom stereocenters. The Hall–Kier alpha value is -2.89. The lowest BCUT2D eigenvalue weighted by atomic mass is 9.94. The molecule has 0 radical (unpaired) electrons. The third-order valence-electron chi connectivity index (χ3n) is 3.70. The third-order valence-corrected chi connectivity index (χ3v) is 3.70. The zero-order valence-electron chi connectivity index (χ0n) is 13.3. The molecule has 3 rings (SSSR count). The van der Waals surface area contributed by atoms with Crippen LogP contribution in [0, 0.1) is 0 Å². The van der Waals surface area contributed by atoms with Gasteiger partial charge in [0.15, 0.2) is 5.69 Å². The first kappa shape index (κ1) is 17.0. The number of halogens is 3. The van der Waals surface area contributed by atoms with E-state index in [4.69, 9.17) is 4.74 Å². The van der Waals surface area contributed by atoms with Crippen LogP contribution >= 0.6 is 0 Å². The zero-order chi connectivity index (χ0) is 18.0. The molecule has 3 aromatic rings. The number of esters is 1. The Morgan fingerprint density at radius 3 is 2.32 bits per heavy atom. The number of ether oxygens (including phenoxy) is 1.